The second-order valence-corrected chi connectivity index (χ2v) is 7.63. The quantitative estimate of drug-likeness (QED) is 0.532. The van der Waals surface area contributed by atoms with E-state index in [0.717, 1.165) is 57.4 Å². The van der Waals surface area contributed by atoms with Gasteiger partial charge in [-0.3, -0.25) is 18.4 Å². The summed E-state index contributed by atoms with van der Waals surface area (Å²) in [7, 11) is -3.70. The van der Waals surface area contributed by atoms with Crippen LogP contribution in [0.4, 0.5) is 0 Å². The maximum absolute atomic E-state index is 12.8. The minimum atomic E-state index is -3.70. The Morgan fingerprint density at radius 1 is 0.900 bits per heavy atom. The average molecular weight is 300 g/mol. The summed E-state index contributed by atoms with van der Waals surface area (Å²) in [6.45, 7) is 3.43. The van der Waals surface area contributed by atoms with Crippen molar-refractivity contribution in [2.75, 3.05) is 0 Å². The predicted octanol–water partition coefficient (Wildman–Crippen LogP) is 4.59. The zero-order valence-electron chi connectivity index (χ0n) is 12.1. The van der Waals surface area contributed by atoms with E-state index in [0.29, 0.717) is 0 Å². The van der Waals surface area contributed by atoms with Gasteiger partial charge in [-0.2, -0.15) is 0 Å². The number of carbonyl (C=O) groups is 1. The first-order valence-corrected chi connectivity index (χ1v) is 9.32. The van der Waals surface area contributed by atoms with Gasteiger partial charge in [0.25, 0.3) is 5.52 Å². The first-order valence-electron chi connectivity index (χ1n) is 7.78. The van der Waals surface area contributed by atoms with Crippen LogP contribution in [0.2, 0.25) is 0 Å². The molecule has 0 radical (unpaired) electrons. The molecule has 0 spiro atoms. The topological polar surface area (TPSA) is 52.6 Å². The molecule has 0 atom stereocenters. The molecule has 0 aromatic heterocycles. The van der Waals surface area contributed by atoms with Gasteiger partial charge in [-0.05, 0) is 31.8 Å². The summed E-state index contributed by atoms with van der Waals surface area (Å²) >= 11 is 0. The molecule has 2 fully saturated rings. The Balaban J connectivity index is 2.01. The Bertz CT molecular complexity index is 357. The van der Waals surface area contributed by atoms with Crippen LogP contribution in [0.15, 0.2) is 12.7 Å². The summed E-state index contributed by atoms with van der Waals surface area (Å²) in [5.74, 6) is 0. The summed E-state index contributed by atoms with van der Waals surface area (Å²) < 4.78 is 24.1. The summed E-state index contributed by atoms with van der Waals surface area (Å²) in [6.07, 6.45) is 10.9. The molecule has 20 heavy (non-hydrogen) atoms. The lowest BCUT2D eigenvalue weighted by Gasteiger charge is -2.29. The third-order valence-corrected chi connectivity index (χ3v) is 6.00. The van der Waals surface area contributed by atoms with Crippen LogP contribution in [0.1, 0.15) is 64.2 Å². The third kappa shape index (κ3) is 4.28. The van der Waals surface area contributed by atoms with E-state index in [4.69, 9.17) is 9.05 Å². The van der Waals surface area contributed by atoms with Crippen LogP contribution in [0, 0.1) is 0 Å². The van der Waals surface area contributed by atoms with Crippen molar-refractivity contribution in [3.05, 3.63) is 12.7 Å². The molecular formula is C15H25O4P. The third-order valence-electron chi connectivity index (χ3n) is 4.12. The maximum Gasteiger partial charge on any atom is 0.401 e. The van der Waals surface area contributed by atoms with Gasteiger partial charge in [-0.1, -0.05) is 45.1 Å². The lowest BCUT2D eigenvalue weighted by Crippen LogP contribution is -2.22. The lowest BCUT2D eigenvalue weighted by atomic mass is 9.98. The molecule has 0 aromatic rings. The van der Waals surface area contributed by atoms with Gasteiger partial charge in [0.1, 0.15) is 0 Å². The smallest absolute Gasteiger partial charge is 0.300 e. The van der Waals surface area contributed by atoms with Crippen molar-refractivity contribution in [1.82, 2.24) is 0 Å². The maximum atomic E-state index is 12.8. The van der Waals surface area contributed by atoms with E-state index in [1.165, 1.54) is 12.8 Å². The van der Waals surface area contributed by atoms with Crippen LogP contribution >= 0.6 is 7.60 Å². The molecule has 0 aromatic carbocycles. The molecule has 0 N–H and O–H groups in total. The molecule has 4 nitrogen and oxygen atoms in total. The fraction of sp³-hybridized carbons (Fsp3) is 0.800. The molecule has 0 heterocycles. The summed E-state index contributed by atoms with van der Waals surface area (Å²) in [5, 5.41) is 0. The number of carbonyl (C=O) groups excluding carboxylic acids is 1. The van der Waals surface area contributed by atoms with Crippen molar-refractivity contribution >= 4 is 13.1 Å². The van der Waals surface area contributed by atoms with Gasteiger partial charge < -0.3 is 0 Å². The standard InChI is InChI=1S/C15H25O4P/c1-2-15(16)20(17,18-13-9-5-3-6-10-13)19-14-11-7-4-8-12-14/h2,13-14H,1,3-12H2. The van der Waals surface area contributed by atoms with Gasteiger partial charge in [-0.25, -0.2) is 0 Å². The zero-order valence-corrected chi connectivity index (χ0v) is 13.0. The Hall–Kier alpha value is -0.440. The molecule has 0 unspecified atom stereocenters. The molecule has 114 valence electrons. The van der Waals surface area contributed by atoms with Gasteiger partial charge >= 0.3 is 7.60 Å². The second kappa shape index (κ2) is 7.53. The van der Waals surface area contributed by atoms with E-state index in [9.17, 15) is 9.36 Å². The first kappa shape index (κ1) is 15.9. The first-order chi connectivity index (χ1) is 9.64. The zero-order chi connectivity index (χ0) is 14.4. The Morgan fingerprint density at radius 3 is 1.65 bits per heavy atom. The van der Waals surface area contributed by atoms with Gasteiger partial charge in [0.2, 0.25) is 0 Å². The van der Waals surface area contributed by atoms with E-state index in [-0.39, 0.29) is 12.2 Å². The average Bonchev–Trinajstić information content (AvgIpc) is 2.48. The summed E-state index contributed by atoms with van der Waals surface area (Å²) in [4.78, 5) is 11.9. The minimum absolute atomic E-state index is 0.109. The van der Waals surface area contributed by atoms with Crippen LogP contribution in [0.25, 0.3) is 0 Å². The van der Waals surface area contributed by atoms with Crippen molar-refractivity contribution in [3.8, 4) is 0 Å². The predicted molar refractivity (Wildman–Crippen MR) is 78.7 cm³/mol. The summed E-state index contributed by atoms with van der Waals surface area (Å²) in [5.41, 5.74) is -0.589. The fourth-order valence-corrected chi connectivity index (χ4v) is 4.66. The van der Waals surface area contributed by atoms with Gasteiger partial charge in [0.05, 0.1) is 12.2 Å². The normalized spacial score (nSPS) is 22.6. The molecule has 0 aliphatic heterocycles. The Labute approximate surface area is 121 Å². The SMILES string of the molecule is C=CC(=O)P(=O)(OC1CCCCC1)OC1CCCCC1. The highest BCUT2D eigenvalue weighted by Crippen LogP contribution is 2.54. The lowest BCUT2D eigenvalue weighted by molar-refractivity contribution is -0.110. The molecule has 2 saturated carbocycles. The van der Waals surface area contributed by atoms with Gasteiger partial charge in [-0.15, -0.1) is 0 Å². The molecular weight excluding hydrogens is 275 g/mol. The van der Waals surface area contributed by atoms with Crippen LogP contribution in [-0.4, -0.2) is 17.7 Å². The van der Waals surface area contributed by atoms with Crippen molar-refractivity contribution in [1.29, 1.82) is 0 Å². The van der Waals surface area contributed by atoms with E-state index in [2.05, 4.69) is 6.58 Å². The second-order valence-electron chi connectivity index (χ2n) is 5.77. The van der Waals surface area contributed by atoms with Crippen LogP contribution in [0.3, 0.4) is 0 Å². The van der Waals surface area contributed by atoms with Crippen molar-refractivity contribution in [3.63, 3.8) is 0 Å². The minimum Gasteiger partial charge on any atom is -0.300 e. The number of allylic oxidation sites excluding steroid dienone is 1. The van der Waals surface area contributed by atoms with E-state index in [1.807, 2.05) is 0 Å². The molecule has 5 heteroatoms. The molecule has 2 rings (SSSR count). The van der Waals surface area contributed by atoms with E-state index < -0.39 is 13.1 Å². The number of rotatable bonds is 6. The van der Waals surface area contributed by atoms with Crippen LogP contribution in [0.5, 0.6) is 0 Å². The highest BCUT2D eigenvalue weighted by molar-refractivity contribution is 7.72. The molecule has 2 aliphatic rings. The molecule has 0 saturated heterocycles. The number of hydrogen-bond donors (Lipinski definition) is 0. The molecule has 0 amide bonds. The number of hydrogen-bond acceptors (Lipinski definition) is 4. The van der Waals surface area contributed by atoms with E-state index in [1.54, 1.807) is 0 Å². The highest BCUT2D eigenvalue weighted by Gasteiger charge is 2.38. The monoisotopic (exact) mass is 300 g/mol. The Kier molecular flexibility index (Phi) is 6.01. The van der Waals surface area contributed by atoms with Crippen molar-refractivity contribution < 1.29 is 18.4 Å². The van der Waals surface area contributed by atoms with Crippen LogP contribution in [-0.2, 0) is 18.4 Å². The highest BCUT2D eigenvalue weighted by atomic mass is 31.2. The van der Waals surface area contributed by atoms with Crippen molar-refractivity contribution in [2.24, 2.45) is 0 Å². The van der Waals surface area contributed by atoms with Gasteiger partial charge in [0, 0.05) is 0 Å². The van der Waals surface area contributed by atoms with Gasteiger partial charge in [0.15, 0.2) is 0 Å². The van der Waals surface area contributed by atoms with Crippen LogP contribution < -0.4 is 0 Å². The largest absolute Gasteiger partial charge is 0.401 e. The Morgan fingerprint density at radius 2 is 1.30 bits per heavy atom. The summed E-state index contributed by atoms with van der Waals surface area (Å²) in [6, 6.07) is 0. The molecule has 2 aliphatic carbocycles. The van der Waals surface area contributed by atoms with E-state index >= 15 is 0 Å². The fourth-order valence-electron chi connectivity index (χ4n) is 2.97. The van der Waals surface area contributed by atoms with Crippen molar-refractivity contribution in [2.45, 2.75) is 76.4 Å². The molecule has 0 bridgehead atoms.